The van der Waals surface area contributed by atoms with Gasteiger partial charge in [0.1, 0.15) is 0 Å². The number of benzene rings is 2. The van der Waals surface area contributed by atoms with Crippen molar-refractivity contribution in [3.63, 3.8) is 0 Å². The molecule has 6 heteroatoms. The molecule has 2 amide bonds. The number of likely N-dealkylation sites (N-methyl/N-ethyl adjacent to an activating group) is 1. The number of rotatable bonds is 6. The number of nitrogens with one attached hydrogen (secondary N) is 1. The average Bonchev–Trinajstić information content (AvgIpc) is 2.75. The zero-order valence-electron chi connectivity index (χ0n) is 17.5. The Morgan fingerprint density at radius 2 is 1.62 bits per heavy atom. The van der Waals surface area contributed by atoms with Crippen LogP contribution in [0.15, 0.2) is 54.6 Å². The molecule has 1 heterocycles. The molecular weight excluding hydrogens is 364 g/mol. The van der Waals surface area contributed by atoms with E-state index in [1.54, 1.807) is 7.05 Å². The van der Waals surface area contributed by atoms with Gasteiger partial charge in [-0.1, -0.05) is 35.9 Å². The Kier molecular flexibility index (Phi) is 6.88. The van der Waals surface area contributed by atoms with E-state index < -0.39 is 0 Å². The van der Waals surface area contributed by atoms with Gasteiger partial charge in [0.15, 0.2) is 0 Å². The third-order valence-electron chi connectivity index (χ3n) is 5.43. The topological polar surface area (TPSA) is 55.9 Å². The van der Waals surface area contributed by atoms with Gasteiger partial charge in [-0.15, -0.1) is 0 Å². The molecule has 6 nitrogen and oxygen atoms in total. The number of carbonyl (C=O) groups is 2. The second-order valence-electron chi connectivity index (χ2n) is 7.64. The number of hydrogen-bond donors (Lipinski definition) is 1. The van der Waals surface area contributed by atoms with E-state index in [9.17, 15) is 9.59 Å². The summed E-state index contributed by atoms with van der Waals surface area (Å²) in [6, 6.07) is 17.7. The number of carbonyl (C=O) groups excluding carboxylic acids is 2. The van der Waals surface area contributed by atoms with Crippen molar-refractivity contribution in [1.82, 2.24) is 9.80 Å². The lowest BCUT2D eigenvalue weighted by atomic mass is 10.2. The summed E-state index contributed by atoms with van der Waals surface area (Å²) in [6.45, 7) is 7.39. The predicted molar refractivity (Wildman–Crippen MR) is 117 cm³/mol. The van der Waals surface area contributed by atoms with E-state index in [0.29, 0.717) is 0 Å². The van der Waals surface area contributed by atoms with Crippen LogP contribution in [0.4, 0.5) is 11.4 Å². The minimum Gasteiger partial charge on any atom is -0.369 e. The Bertz CT molecular complexity index is 815. The summed E-state index contributed by atoms with van der Waals surface area (Å²) in [5, 5.41) is 2.84. The molecule has 154 valence electrons. The molecule has 1 aliphatic heterocycles. The van der Waals surface area contributed by atoms with E-state index in [1.807, 2.05) is 56.3 Å². The van der Waals surface area contributed by atoms with Gasteiger partial charge < -0.3 is 15.1 Å². The van der Waals surface area contributed by atoms with Crippen molar-refractivity contribution < 1.29 is 9.59 Å². The summed E-state index contributed by atoms with van der Waals surface area (Å²) < 4.78 is 0. The number of aryl methyl sites for hydroxylation is 1. The van der Waals surface area contributed by atoms with Crippen LogP contribution < -0.4 is 10.2 Å². The molecule has 0 spiro atoms. The number of hydrogen-bond acceptors (Lipinski definition) is 4. The SMILES string of the molecule is Cc1ccc(NC(=O)CN(C)C(=O)[C@@H](C)N2CCN(c3ccccc3)CC2)cc1. The minimum absolute atomic E-state index is 0.0304. The van der Waals surface area contributed by atoms with E-state index in [1.165, 1.54) is 10.6 Å². The number of para-hydroxylation sites is 1. The van der Waals surface area contributed by atoms with Gasteiger partial charge in [0, 0.05) is 44.6 Å². The van der Waals surface area contributed by atoms with E-state index in [-0.39, 0.29) is 24.4 Å². The lowest BCUT2D eigenvalue weighted by molar-refractivity contribution is -0.137. The number of piperazine rings is 1. The van der Waals surface area contributed by atoms with Crippen LogP contribution in [0, 0.1) is 6.92 Å². The highest BCUT2D eigenvalue weighted by molar-refractivity contribution is 5.95. The molecule has 3 rings (SSSR count). The van der Waals surface area contributed by atoms with Gasteiger partial charge in [-0.05, 0) is 38.1 Å². The normalized spacial score (nSPS) is 15.6. The molecule has 0 radical (unpaired) electrons. The second kappa shape index (κ2) is 9.56. The third kappa shape index (κ3) is 5.57. The Hall–Kier alpha value is -2.86. The van der Waals surface area contributed by atoms with Crippen molar-refractivity contribution in [2.24, 2.45) is 0 Å². The number of nitrogens with zero attached hydrogens (tertiary/aromatic N) is 3. The maximum absolute atomic E-state index is 12.8. The summed E-state index contributed by atoms with van der Waals surface area (Å²) >= 11 is 0. The molecule has 0 bridgehead atoms. The molecule has 1 fully saturated rings. The van der Waals surface area contributed by atoms with Gasteiger partial charge in [-0.2, -0.15) is 0 Å². The zero-order valence-corrected chi connectivity index (χ0v) is 17.5. The molecule has 0 aliphatic carbocycles. The highest BCUT2D eigenvalue weighted by atomic mass is 16.2. The van der Waals surface area contributed by atoms with Crippen LogP contribution in [-0.2, 0) is 9.59 Å². The first-order valence-electron chi connectivity index (χ1n) is 10.1. The van der Waals surface area contributed by atoms with Crippen molar-refractivity contribution in [3.8, 4) is 0 Å². The maximum Gasteiger partial charge on any atom is 0.243 e. The van der Waals surface area contributed by atoms with Gasteiger partial charge in [0.05, 0.1) is 12.6 Å². The van der Waals surface area contributed by atoms with Gasteiger partial charge in [-0.25, -0.2) is 0 Å². The molecule has 2 aromatic rings. The minimum atomic E-state index is -0.245. The van der Waals surface area contributed by atoms with Crippen LogP contribution in [0.3, 0.4) is 0 Å². The zero-order chi connectivity index (χ0) is 20.8. The standard InChI is InChI=1S/C23H30N4O2/c1-18-9-11-20(12-10-18)24-22(28)17-25(3)23(29)19(2)26-13-15-27(16-14-26)21-7-5-4-6-8-21/h4-12,19H,13-17H2,1-3H3,(H,24,28)/t19-/m1/s1. The first kappa shape index (κ1) is 20.9. The van der Waals surface area contributed by atoms with Gasteiger partial charge in [0.25, 0.3) is 0 Å². The monoisotopic (exact) mass is 394 g/mol. The van der Waals surface area contributed by atoms with Crippen LogP contribution >= 0.6 is 0 Å². The first-order valence-corrected chi connectivity index (χ1v) is 10.1. The molecular formula is C23H30N4O2. The van der Waals surface area contributed by atoms with Gasteiger partial charge in [0.2, 0.25) is 11.8 Å². The quantitative estimate of drug-likeness (QED) is 0.818. The van der Waals surface area contributed by atoms with E-state index in [2.05, 4.69) is 27.2 Å². The molecule has 1 N–H and O–H groups in total. The fraction of sp³-hybridized carbons (Fsp3) is 0.391. The van der Waals surface area contributed by atoms with Crippen LogP contribution in [-0.4, -0.2) is 67.4 Å². The molecule has 1 saturated heterocycles. The van der Waals surface area contributed by atoms with E-state index >= 15 is 0 Å². The summed E-state index contributed by atoms with van der Waals surface area (Å²) in [4.78, 5) is 31.1. The Labute approximate surface area is 173 Å². The molecule has 0 saturated carbocycles. The van der Waals surface area contributed by atoms with E-state index in [4.69, 9.17) is 0 Å². The summed E-state index contributed by atoms with van der Waals surface area (Å²) in [7, 11) is 1.69. The largest absolute Gasteiger partial charge is 0.369 e. The van der Waals surface area contributed by atoms with Crippen molar-refractivity contribution in [1.29, 1.82) is 0 Å². The molecule has 1 atom stereocenters. The highest BCUT2D eigenvalue weighted by Gasteiger charge is 2.28. The fourth-order valence-electron chi connectivity index (χ4n) is 3.61. The number of anilines is 2. The average molecular weight is 395 g/mol. The smallest absolute Gasteiger partial charge is 0.243 e. The third-order valence-corrected chi connectivity index (χ3v) is 5.43. The lowest BCUT2D eigenvalue weighted by Crippen LogP contribution is -2.54. The number of amides is 2. The maximum atomic E-state index is 12.8. The van der Waals surface area contributed by atoms with Crippen LogP contribution in [0.25, 0.3) is 0 Å². The molecule has 29 heavy (non-hydrogen) atoms. The predicted octanol–water partition coefficient (Wildman–Crippen LogP) is 2.60. The van der Waals surface area contributed by atoms with Gasteiger partial charge >= 0.3 is 0 Å². The van der Waals surface area contributed by atoms with Crippen LogP contribution in [0.1, 0.15) is 12.5 Å². The Morgan fingerprint density at radius 3 is 2.24 bits per heavy atom. The Balaban J connectivity index is 1.48. The fourth-order valence-corrected chi connectivity index (χ4v) is 3.61. The van der Waals surface area contributed by atoms with Crippen molar-refractivity contribution >= 4 is 23.2 Å². The second-order valence-corrected chi connectivity index (χ2v) is 7.64. The molecule has 2 aromatic carbocycles. The summed E-state index contributed by atoms with van der Waals surface area (Å²) in [5.74, 6) is -0.219. The van der Waals surface area contributed by atoms with E-state index in [0.717, 1.165) is 37.4 Å². The van der Waals surface area contributed by atoms with Crippen molar-refractivity contribution in [2.75, 3.05) is 50.0 Å². The highest BCUT2D eigenvalue weighted by Crippen LogP contribution is 2.17. The summed E-state index contributed by atoms with van der Waals surface area (Å²) in [6.07, 6.45) is 0. The van der Waals surface area contributed by atoms with Crippen molar-refractivity contribution in [3.05, 3.63) is 60.2 Å². The lowest BCUT2D eigenvalue weighted by Gasteiger charge is -2.39. The molecule has 1 aliphatic rings. The van der Waals surface area contributed by atoms with Crippen molar-refractivity contribution in [2.45, 2.75) is 19.9 Å². The Morgan fingerprint density at radius 1 is 1.00 bits per heavy atom. The van der Waals surface area contributed by atoms with Crippen LogP contribution in [0.5, 0.6) is 0 Å². The summed E-state index contributed by atoms with van der Waals surface area (Å²) in [5.41, 5.74) is 3.10. The first-order chi connectivity index (χ1) is 13.9. The molecule has 0 aromatic heterocycles. The van der Waals surface area contributed by atoms with Crippen LogP contribution in [0.2, 0.25) is 0 Å². The van der Waals surface area contributed by atoms with Gasteiger partial charge in [-0.3, -0.25) is 14.5 Å². The molecule has 0 unspecified atom stereocenters.